The van der Waals surface area contributed by atoms with Gasteiger partial charge in [0.1, 0.15) is 18.2 Å². The Morgan fingerprint density at radius 2 is 1.80 bits per heavy atom. The number of hydrogen-bond acceptors (Lipinski definition) is 3. The third kappa shape index (κ3) is 4.63. The number of benzene rings is 3. The average Bonchev–Trinajstić information content (AvgIpc) is 3.30. The number of aryl methyl sites for hydroxylation is 2. The van der Waals surface area contributed by atoms with Gasteiger partial charge in [0.2, 0.25) is 0 Å². The van der Waals surface area contributed by atoms with Gasteiger partial charge in [0, 0.05) is 11.0 Å². The van der Waals surface area contributed by atoms with E-state index in [0.717, 1.165) is 61.0 Å². The molecule has 3 aliphatic carbocycles. The summed E-state index contributed by atoms with van der Waals surface area (Å²) in [4.78, 5) is 12.6. The van der Waals surface area contributed by atoms with Gasteiger partial charge in [-0.25, -0.2) is 4.39 Å². The predicted molar refractivity (Wildman–Crippen MR) is 157 cm³/mol. The first-order valence-electron chi connectivity index (χ1n) is 15.0. The summed E-state index contributed by atoms with van der Waals surface area (Å²) in [5.41, 5.74) is 7.74. The van der Waals surface area contributed by atoms with E-state index in [-0.39, 0.29) is 28.5 Å². The van der Waals surface area contributed by atoms with E-state index in [2.05, 4.69) is 50.2 Å². The van der Waals surface area contributed by atoms with Crippen molar-refractivity contribution >= 4 is 5.97 Å². The van der Waals surface area contributed by atoms with Gasteiger partial charge in [-0.1, -0.05) is 56.2 Å². The SMILES string of the molecule is COC(=O)[C@@H]1CC[C@@]12CCCc1ccc(OCc3ccc(-c4cc(C)ccc4F)c([C@@H]4CCCC4(C)C)c3)cc12. The molecule has 0 aromatic heterocycles. The monoisotopic (exact) mass is 540 g/mol. The Morgan fingerprint density at radius 1 is 0.950 bits per heavy atom. The van der Waals surface area contributed by atoms with Crippen molar-refractivity contribution in [2.75, 3.05) is 7.11 Å². The van der Waals surface area contributed by atoms with Gasteiger partial charge in [0.25, 0.3) is 0 Å². The van der Waals surface area contributed by atoms with Crippen molar-refractivity contribution in [3.63, 3.8) is 0 Å². The zero-order chi connectivity index (χ0) is 28.1. The fraction of sp³-hybridized carbons (Fsp3) is 0.472. The highest BCUT2D eigenvalue weighted by molar-refractivity contribution is 5.76. The Kier molecular flexibility index (Phi) is 7.01. The predicted octanol–water partition coefficient (Wildman–Crippen LogP) is 8.83. The zero-order valence-electron chi connectivity index (χ0n) is 24.3. The Bertz CT molecular complexity index is 1440. The van der Waals surface area contributed by atoms with E-state index in [1.165, 1.54) is 36.6 Å². The number of esters is 1. The van der Waals surface area contributed by atoms with Crippen LogP contribution >= 0.6 is 0 Å². The normalized spacial score (nSPS) is 24.8. The van der Waals surface area contributed by atoms with Crippen molar-refractivity contribution in [2.24, 2.45) is 11.3 Å². The fourth-order valence-corrected chi connectivity index (χ4v) is 7.95. The van der Waals surface area contributed by atoms with E-state index in [9.17, 15) is 4.79 Å². The van der Waals surface area contributed by atoms with E-state index in [1.807, 2.05) is 19.1 Å². The van der Waals surface area contributed by atoms with Crippen molar-refractivity contribution in [2.45, 2.75) is 90.1 Å². The maximum atomic E-state index is 15.1. The molecule has 1 spiro atoms. The third-order valence-electron chi connectivity index (χ3n) is 10.3. The highest BCUT2D eigenvalue weighted by Crippen LogP contribution is 2.56. The average molecular weight is 541 g/mol. The fourth-order valence-electron chi connectivity index (χ4n) is 7.95. The van der Waals surface area contributed by atoms with Crippen LogP contribution in [0, 0.1) is 24.1 Å². The summed E-state index contributed by atoms with van der Waals surface area (Å²) in [5, 5.41) is 0. The molecule has 0 saturated heterocycles. The molecule has 0 heterocycles. The number of rotatable bonds is 6. The van der Waals surface area contributed by atoms with Crippen molar-refractivity contribution < 1.29 is 18.7 Å². The second kappa shape index (κ2) is 10.4. The van der Waals surface area contributed by atoms with Crippen molar-refractivity contribution in [3.8, 4) is 16.9 Å². The lowest BCUT2D eigenvalue weighted by atomic mass is 9.52. The van der Waals surface area contributed by atoms with Crippen LogP contribution in [0.25, 0.3) is 11.1 Å². The summed E-state index contributed by atoms with van der Waals surface area (Å²) in [6, 6.07) is 18.3. The first-order chi connectivity index (χ1) is 19.2. The van der Waals surface area contributed by atoms with Gasteiger partial charge in [-0.2, -0.15) is 0 Å². The largest absolute Gasteiger partial charge is 0.489 e. The molecule has 210 valence electrons. The zero-order valence-corrected chi connectivity index (χ0v) is 24.3. The molecule has 0 bridgehead atoms. The van der Waals surface area contributed by atoms with Crippen LogP contribution < -0.4 is 4.74 Å². The molecule has 3 atom stereocenters. The maximum Gasteiger partial charge on any atom is 0.309 e. The minimum Gasteiger partial charge on any atom is -0.489 e. The molecular weight excluding hydrogens is 499 g/mol. The van der Waals surface area contributed by atoms with Gasteiger partial charge >= 0.3 is 5.97 Å². The first kappa shape index (κ1) is 27.1. The molecule has 3 nitrogen and oxygen atoms in total. The summed E-state index contributed by atoms with van der Waals surface area (Å²) < 4.78 is 26.6. The Morgan fingerprint density at radius 3 is 2.52 bits per heavy atom. The number of fused-ring (bicyclic) bond motifs is 2. The van der Waals surface area contributed by atoms with E-state index < -0.39 is 0 Å². The number of carbonyl (C=O) groups excluding carboxylic acids is 1. The highest BCUT2D eigenvalue weighted by atomic mass is 19.1. The molecule has 2 saturated carbocycles. The third-order valence-corrected chi connectivity index (χ3v) is 10.3. The van der Waals surface area contributed by atoms with Gasteiger partial charge < -0.3 is 9.47 Å². The molecule has 3 aliphatic rings. The second-order valence-electron chi connectivity index (χ2n) is 13.1. The van der Waals surface area contributed by atoms with Gasteiger partial charge in [0.15, 0.2) is 0 Å². The summed E-state index contributed by atoms with van der Waals surface area (Å²) in [7, 11) is 1.50. The minimum absolute atomic E-state index is 0.0568. The van der Waals surface area contributed by atoms with E-state index in [0.29, 0.717) is 18.1 Å². The van der Waals surface area contributed by atoms with Gasteiger partial charge in [-0.05, 0) is 115 Å². The van der Waals surface area contributed by atoms with Gasteiger partial charge in [-0.3, -0.25) is 4.79 Å². The Hall–Kier alpha value is -3.14. The number of ether oxygens (including phenoxy) is 2. The molecule has 0 aliphatic heterocycles. The van der Waals surface area contributed by atoms with E-state index in [1.54, 1.807) is 6.07 Å². The van der Waals surface area contributed by atoms with Crippen molar-refractivity contribution in [1.82, 2.24) is 0 Å². The van der Waals surface area contributed by atoms with Crippen LogP contribution in [0.5, 0.6) is 5.75 Å². The lowest BCUT2D eigenvalue weighted by Gasteiger charge is -2.51. The topological polar surface area (TPSA) is 35.5 Å². The van der Waals surface area contributed by atoms with Gasteiger partial charge in [-0.15, -0.1) is 0 Å². The molecule has 40 heavy (non-hydrogen) atoms. The summed E-state index contributed by atoms with van der Waals surface area (Å²) in [6.45, 7) is 7.15. The molecular formula is C36H41FO3. The van der Waals surface area contributed by atoms with E-state index >= 15 is 4.39 Å². The van der Waals surface area contributed by atoms with Crippen LogP contribution in [0.3, 0.4) is 0 Å². The summed E-state index contributed by atoms with van der Waals surface area (Å²) in [5.74, 6) is 0.902. The van der Waals surface area contributed by atoms with Crippen molar-refractivity contribution in [1.29, 1.82) is 0 Å². The summed E-state index contributed by atoms with van der Waals surface area (Å²) in [6.07, 6.45) is 8.59. The van der Waals surface area contributed by atoms with Crippen LogP contribution in [-0.4, -0.2) is 13.1 Å². The van der Waals surface area contributed by atoms with Gasteiger partial charge in [0.05, 0.1) is 13.0 Å². The number of hydrogen-bond donors (Lipinski definition) is 0. The molecule has 0 unspecified atom stereocenters. The minimum atomic E-state index is -0.170. The highest BCUT2D eigenvalue weighted by Gasteiger charge is 2.53. The number of methoxy groups -OCH3 is 1. The molecule has 3 aromatic carbocycles. The van der Waals surface area contributed by atoms with Crippen LogP contribution in [-0.2, 0) is 28.0 Å². The Balaban J connectivity index is 1.30. The number of halogens is 1. The molecule has 0 amide bonds. The lowest BCUT2D eigenvalue weighted by molar-refractivity contribution is -0.153. The van der Waals surface area contributed by atoms with Crippen molar-refractivity contribution in [3.05, 3.63) is 88.2 Å². The molecule has 0 N–H and O–H groups in total. The summed E-state index contributed by atoms with van der Waals surface area (Å²) >= 11 is 0. The molecule has 6 rings (SSSR count). The Labute approximate surface area is 238 Å². The molecule has 2 fully saturated rings. The van der Waals surface area contributed by atoms with Crippen LogP contribution in [0.4, 0.5) is 4.39 Å². The first-order valence-corrected chi connectivity index (χ1v) is 15.0. The van der Waals surface area contributed by atoms with Crippen LogP contribution in [0.15, 0.2) is 54.6 Å². The molecule has 0 radical (unpaired) electrons. The lowest BCUT2D eigenvalue weighted by Crippen LogP contribution is -2.50. The smallest absolute Gasteiger partial charge is 0.309 e. The number of carbonyl (C=O) groups is 1. The molecule has 4 heteroatoms. The van der Waals surface area contributed by atoms with E-state index in [4.69, 9.17) is 9.47 Å². The second-order valence-corrected chi connectivity index (χ2v) is 13.1. The van der Waals surface area contributed by atoms with Crippen LogP contribution in [0.1, 0.15) is 92.5 Å². The quantitative estimate of drug-likeness (QED) is 0.293. The maximum absolute atomic E-state index is 15.1. The standard InChI is InChI=1S/C36H41FO3/c1-23-9-14-33(37)29(19-23)27-13-10-24(20-28(27)30-8-6-16-35(30,2)3)22-40-26-12-11-25-7-5-17-36(32(25)21-26)18-15-31(36)34(38)39-4/h9-14,19-21,30-31H,5-8,15-18,22H2,1-4H3/t30-,31-,36-/m0/s1. The molecule has 3 aromatic rings. The van der Waals surface area contributed by atoms with Crippen LogP contribution in [0.2, 0.25) is 0 Å².